The van der Waals surface area contributed by atoms with Crippen LogP contribution >= 0.6 is 11.3 Å². The fourth-order valence-electron chi connectivity index (χ4n) is 4.15. The molecule has 0 bridgehead atoms. The van der Waals surface area contributed by atoms with Crippen molar-refractivity contribution >= 4 is 50.8 Å². The normalized spacial score (nSPS) is 13.3. The number of amides is 1. The molecule has 4 aromatic rings. The van der Waals surface area contributed by atoms with Crippen molar-refractivity contribution in [1.82, 2.24) is 9.97 Å². The van der Waals surface area contributed by atoms with Gasteiger partial charge in [0.25, 0.3) is 0 Å². The number of halogens is 1. The highest BCUT2D eigenvalue weighted by atomic mass is 32.1. The van der Waals surface area contributed by atoms with Gasteiger partial charge in [-0.1, -0.05) is 30.3 Å². The first-order valence-electron chi connectivity index (χ1n) is 11.3. The number of pyridine rings is 1. The van der Waals surface area contributed by atoms with E-state index in [0.29, 0.717) is 22.2 Å². The van der Waals surface area contributed by atoms with Crippen molar-refractivity contribution in [1.29, 1.82) is 0 Å². The van der Waals surface area contributed by atoms with E-state index in [9.17, 15) is 14.0 Å². The standard InChI is InChI=1S/C26H23FN4O3S/c1-17(32)31(23-11-5-3-9-21(23)27)26-28-19(16-35-26)15-34-25(33)20-14-18-8-2-4-10-22(18)29-24(20)30-12-6-7-13-30/h2-5,8-11,14,16H,6-7,12-13,15H2,1H3. The van der Waals surface area contributed by atoms with Crippen LogP contribution in [0, 0.1) is 5.82 Å². The SMILES string of the molecule is CC(=O)N(c1nc(COC(=O)c2cc3ccccc3nc2N2CCCC2)cs1)c1ccccc1F. The van der Waals surface area contributed by atoms with E-state index in [2.05, 4.69) is 9.88 Å². The summed E-state index contributed by atoms with van der Waals surface area (Å²) in [5.74, 6) is -0.751. The van der Waals surface area contributed by atoms with Gasteiger partial charge in [0.05, 0.1) is 16.9 Å². The monoisotopic (exact) mass is 490 g/mol. The maximum Gasteiger partial charge on any atom is 0.342 e. The highest BCUT2D eigenvalue weighted by Crippen LogP contribution is 2.31. The Bertz CT molecular complexity index is 1400. The number of ether oxygens (including phenoxy) is 1. The third-order valence-corrected chi connectivity index (χ3v) is 6.69. The third-order valence-electron chi connectivity index (χ3n) is 5.82. The molecule has 7 nitrogen and oxygen atoms in total. The number of fused-ring (bicyclic) bond motifs is 1. The predicted octanol–water partition coefficient (Wildman–Crippen LogP) is 5.47. The van der Waals surface area contributed by atoms with E-state index in [1.54, 1.807) is 17.5 Å². The van der Waals surface area contributed by atoms with Crippen LogP contribution < -0.4 is 9.80 Å². The number of rotatable bonds is 6. The van der Waals surface area contributed by atoms with Gasteiger partial charge < -0.3 is 9.64 Å². The van der Waals surface area contributed by atoms with E-state index >= 15 is 0 Å². The number of esters is 1. The highest BCUT2D eigenvalue weighted by molar-refractivity contribution is 7.14. The van der Waals surface area contributed by atoms with Gasteiger partial charge in [0, 0.05) is 30.8 Å². The Morgan fingerprint density at radius 1 is 1.09 bits per heavy atom. The fraction of sp³-hybridized carbons (Fsp3) is 0.231. The molecular formula is C26H23FN4O3S. The number of carbonyl (C=O) groups is 2. The van der Waals surface area contributed by atoms with Gasteiger partial charge in [0.1, 0.15) is 23.8 Å². The molecule has 2 aromatic carbocycles. The molecule has 5 rings (SSSR count). The molecule has 0 unspecified atom stereocenters. The molecule has 178 valence electrons. The maximum atomic E-state index is 14.3. The molecule has 1 amide bonds. The fourth-order valence-corrected chi connectivity index (χ4v) is 5.01. The number of anilines is 3. The Kier molecular flexibility index (Phi) is 6.41. The molecule has 3 heterocycles. The first-order chi connectivity index (χ1) is 17.0. The Balaban J connectivity index is 1.37. The predicted molar refractivity (Wildman–Crippen MR) is 134 cm³/mol. The van der Waals surface area contributed by atoms with Crippen molar-refractivity contribution in [3.8, 4) is 0 Å². The second-order valence-electron chi connectivity index (χ2n) is 8.25. The Labute approximate surface area is 205 Å². The van der Waals surface area contributed by atoms with Crippen LogP contribution in [0.5, 0.6) is 0 Å². The molecule has 1 fully saturated rings. The zero-order chi connectivity index (χ0) is 24.4. The van der Waals surface area contributed by atoms with E-state index in [1.807, 2.05) is 30.3 Å². The van der Waals surface area contributed by atoms with Gasteiger partial charge in [0.2, 0.25) is 5.91 Å². The Hall–Kier alpha value is -3.85. The van der Waals surface area contributed by atoms with Gasteiger partial charge in [-0.15, -0.1) is 11.3 Å². The molecule has 0 spiro atoms. The number of hydrogen-bond acceptors (Lipinski definition) is 7. The lowest BCUT2D eigenvalue weighted by Gasteiger charge is -2.20. The average molecular weight is 491 g/mol. The summed E-state index contributed by atoms with van der Waals surface area (Å²) in [5, 5.41) is 2.86. The molecule has 1 aliphatic heterocycles. The number of benzene rings is 2. The van der Waals surface area contributed by atoms with Crippen molar-refractivity contribution in [2.24, 2.45) is 0 Å². The molecule has 2 aromatic heterocycles. The van der Waals surface area contributed by atoms with Crippen LogP contribution in [0.25, 0.3) is 10.9 Å². The lowest BCUT2D eigenvalue weighted by atomic mass is 10.1. The van der Waals surface area contributed by atoms with Crippen molar-refractivity contribution < 1.29 is 18.7 Å². The third kappa shape index (κ3) is 4.72. The Morgan fingerprint density at radius 2 is 1.83 bits per heavy atom. The van der Waals surface area contributed by atoms with Crippen molar-refractivity contribution in [3.05, 3.63) is 77.1 Å². The second kappa shape index (κ2) is 9.79. The lowest BCUT2D eigenvalue weighted by Crippen LogP contribution is -2.23. The summed E-state index contributed by atoms with van der Waals surface area (Å²) in [6.45, 7) is 2.96. The van der Waals surface area contributed by atoms with Gasteiger partial charge in [0.15, 0.2) is 5.13 Å². The molecular weight excluding hydrogens is 467 g/mol. The summed E-state index contributed by atoms with van der Waals surface area (Å²) < 4.78 is 19.9. The molecule has 9 heteroatoms. The number of carbonyl (C=O) groups excluding carboxylic acids is 2. The van der Waals surface area contributed by atoms with E-state index in [0.717, 1.165) is 36.8 Å². The molecule has 1 saturated heterocycles. The first-order valence-corrected chi connectivity index (χ1v) is 12.2. The maximum absolute atomic E-state index is 14.3. The van der Waals surface area contributed by atoms with Gasteiger partial charge >= 0.3 is 5.97 Å². The van der Waals surface area contributed by atoms with E-state index in [-0.39, 0.29) is 18.2 Å². The van der Waals surface area contributed by atoms with Crippen molar-refractivity contribution in [3.63, 3.8) is 0 Å². The number of thiazole rings is 1. The van der Waals surface area contributed by atoms with Gasteiger partial charge in [-0.05, 0) is 37.1 Å². The molecule has 35 heavy (non-hydrogen) atoms. The van der Waals surface area contributed by atoms with Crippen molar-refractivity contribution in [2.75, 3.05) is 22.9 Å². The summed E-state index contributed by atoms with van der Waals surface area (Å²) in [7, 11) is 0. The van der Waals surface area contributed by atoms with Crippen LogP contribution in [0.4, 0.5) is 21.0 Å². The van der Waals surface area contributed by atoms with Gasteiger partial charge in [-0.2, -0.15) is 0 Å². The van der Waals surface area contributed by atoms with Crippen LogP contribution in [-0.4, -0.2) is 34.9 Å². The number of aromatic nitrogens is 2. The summed E-state index contributed by atoms with van der Waals surface area (Å²) in [4.78, 5) is 37.9. The number of nitrogens with zero attached hydrogens (tertiary/aromatic N) is 4. The van der Waals surface area contributed by atoms with Crippen molar-refractivity contribution in [2.45, 2.75) is 26.4 Å². The summed E-state index contributed by atoms with van der Waals surface area (Å²) in [6, 6.07) is 15.5. The highest BCUT2D eigenvalue weighted by Gasteiger charge is 2.24. The second-order valence-corrected chi connectivity index (χ2v) is 9.09. The Morgan fingerprint density at radius 3 is 2.60 bits per heavy atom. The average Bonchev–Trinajstić information content (AvgIpc) is 3.56. The van der Waals surface area contributed by atoms with Gasteiger partial charge in [-0.3, -0.25) is 9.69 Å². The minimum atomic E-state index is -0.524. The first kappa shape index (κ1) is 22.9. The topological polar surface area (TPSA) is 75.6 Å². The summed E-state index contributed by atoms with van der Waals surface area (Å²) >= 11 is 1.18. The van der Waals surface area contributed by atoms with E-state index < -0.39 is 11.8 Å². The molecule has 0 N–H and O–H groups in total. The molecule has 0 aliphatic carbocycles. The summed E-state index contributed by atoms with van der Waals surface area (Å²) in [6.07, 6.45) is 2.11. The van der Waals surface area contributed by atoms with Crippen LogP contribution in [0.15, 0.2) is 60.0 Å². The van der Waals surface area contributed by atoms with Crippen LogP contribution in [0.1, 0.15) is 35.8 Å². The van der Waals surface area contributed by atoms with Gasteiger partial charge in [-0.25, -0.2) is 19.2 Å². The zero-order valence-corrected chi connectivity index (χ0v) is 19.9. The quantitative estimate of drug-likeness (QED) is 0.334. The molecule has 1 aliphatic rings. The largest absolute Gasteiger partial charge is 0.455 e. The molecule has 0 atom stereocenters. The van der Waals surface area contributed by atoms with E-state index in [4.69, 9.17) is 9.72 Å². The van der Waals surface area contributed by atoms with Crippen LogP contribution in [0.3, 0.4) is 0 Å². The van der Waals surface area contributed by atoms with E-state index in [1.165, 1.54) is 35.3 Å². The van der Waals surface area contributed by atoms with Crippen LogP contribution in [0.2, 0.25) is 0 Å². The minimum Gasteiger partial charge on any atom is -0.455 e. The number of para-hydroxylation sites is 2. The van der Waals surface area contributed by atoms with Crippen LogP contribution in [-0.2, 0) is 16.1 Å². The summed E-state index contributed by atoms with van der Waals surface area (Å²) in [5.41, 5.74) is 1.83. The molecule has 0 saturated carbocycles. The lowest BCUT2D eigenvalue weighted by molar-refractivity contribution is -0.115. The molecule has 0 radical (unpaired) electrons. The smallest absolute Gasteiger partial charge is 0.342 e. The minimum absolute atomic E-state index is 0.0788. The number of hydrogen-bond donors (Lipinski definition) is 0. The zero-order valence-electron chi connectivity index (χ0n) is 19.1.